The van der Waals surface area contributed by atoms with Crippen LogP contribution >= 0.6 is 0 Å². The summed E-state index contributed by atoms with van der Waals surface area (Å²) in [5.74, 6) is 1.71. The van der Waals surface area contributed by atoms with E-state index in [2.05, 4.69) is 149 Å². The fourth-order valence-corrected chi connectivity index (χ4v) is 8.69. The van der Waals surface area contributed by atoms with Crippen LogP contribution in [0.25, 0.3) is 111 Å². The van der Waals surface area contributed by atoms with E-state index in [1.165, 1.54) is 10.9 Å². The molecule has 57 heavy (non-hydrogen) atoms. The highest BCUT2D eigenvalue weighted by molar-refractivity contribution is 6.23. The highest BCUT2D eigenvalue weighted by Crippen LogP contribution is 2.42. The highest BCUT2D eigenvalue weighted by Gasteiger charge is 2.24. The SMILES string of the molecule is c1ccc(-c2cccc(-n3c4ccccc4c4ccc5c6ccccc6n(-c6nc(-c7ccccc7)nc(-c7cccc8oc9ccccc9c78)n6)c5c43)c2)cc1. The van der Waals surface area contributed by atoms with E-state index in [0.717, 1.165) is 82.5 Å². The number of nitrogens with zero attached hydrogens (tertiary/aromatic N) is 5. The summed E-state index contributed by atoms with van der Waals surface area (Å²) in [7, 11) is 0. The number of benzene rings is 8. The third-order valence-electron chi connectivity index (χ3n) is 11.2. The predicted octanol–water partition coefficient (Wildman–Crippen LogP) is 13.0. The first-order chi connectivity index (χ1) is 28.3. The summed E-state index contributed by atoms with van der Waals surface area (Å²) in [4.78, 5) is 15.9. The lowest BCUT2D eigenvalue weighted by Gasteiger charge is -2.14. The van der Waals surface area contributed by atoms with Crippen LogP contribution in [0.1, 0.15) is 0 Å². The smallest absolute Gasteiger partial charge is 0.238 e. The van der Waals surface area contributed by atoms with Gasteiger partial charge in [0, 0.05) is 49.1 Å². The van der Waals surface area contributed by atoms with Crippen LogP contribution in [0.4, 0.5) is 0 Å². The van der Waals surface area contributed by atoms with Crippen molar-refractivity contribution in [2.24, 2.45) is 0 Å². The topological polar surface area (TPSA) is 61.7 Å². The molecule has 6 nitrogen and oxygen atoms in total. The van der Waals surface area contributed by atoms with Crippen molar-refractivity contribution < 1.29 is 4.42 Å². The number of rotatable bonds is 5. The van der Waals surface area contributed by atoms with Crippen LogP contribution in [0.5, 0.6) is 0 Å². The monoisotopic (exact) mass is 729 g/mol. The van der Waals surface area contributed by atoms with Crippen molar-refractivity contribution in [1.82, 2.24) is 24.1 Å². The molecule has 0 fully saturated rings. The maximum Gasteiger partial charge on any atom is 0.238 e. The van der Waals surface area contributed by atoms with Gasteiger partial charge in [0.2, 0.25) is 5.95 Å². The lowest BCUT2D eigenvalue weighted by atomic mass is 10.1. The molecule has 266 valence electrons. The number of furan rings is 1. The van der Waals surface area contributed by atoms with Crippen molar-refractivity contribution in [2.75, 3.05) is 0 Å². The second-order valence-electron chi connectivity index (χ2n) is 14.4. The Morgan fingerprint density at radius 1 is 0.368 bits per heavy atom. The quantitative estimate of drug-likeness (QED) is 0.177. The van der Waals surface area contributed by atoms with E-state index >= 15 is 0 Å². The fraction of sp³-hybridized carbons (Fsp3) is 0. The van der Waals surface area contributed by atoms with Crippen LogP contribution < -0.4 is 0 Å². The summed E-state index contributed by atoms with van der Waals surface area (Å²) >= 11 is 0. The Labute approximate surface area is 326 Å². The molecule has 0 bridgehead atoms. The molecule has 0 saturated heterocycles. The van der Waals surface area contributed by atoms with Crippen molar-refractivity contribution in [2.45, 2.75) is 0 Å². The molecule has 0 N–H and O–H groups in total. The average molecular weight is 730 g/mol. The van der Waals surface area contributed by atoms with Crippen LogP contribution in [-0.4, -0.2) is 24.1 Å². The molecule has 0 unspecified atom stereocenters. The molecule has 8 aromatic carbocycles. The zero-order valence-corrected chi connectivity index (χ0v) is 30.5. The molecule has 6 heteroatoms. The fourth-order valence-electron chi connectivity index (χ4n) is 8.69. The lowest BCUT2D eigenvalue weighted by molar-refractivity contribution is 0.669. The Morgan fingerprint density at radius 3 is 1.68 bits per heavy atom. The van der Waals surface area contributed by atoms with Crippen LogP contribution in [0.3, 0.4) is 0 Å². The van der Waals surface area contributed by atoms with Crippen LogP contribution in [0.15, 0.2) is 192 Å². The molecule has 0 spiro atoms. The number of aromatic nitrogens is 5. The second kappa shape index (κ2) is 12.3. The molecular weight excluding hydrogens is 699 g/mol. The molecule has 0 saturated carbocycles. The maximum absolute atomic E-state index is 6.34. The van der Waals surface area contributed by atoms with Crippen molar-refractivity contribution >= 4 is 65.6 Å². The van der Waals surface area contributed by atoms with Crippen LogP contribution in [-0.2, 0) is 0 Å². The van der Waals surface area contributed by atoms with Gasteiger partial charge in [-0.1, -0.05) is 152 Å². The first kappa shape index (κ1) is 31.5. The van der Waals surface area contributed by atoms with E-state index in [1.54, 1.807) is 0 Å². The van der Waals surface area contributed by atoms with E-state index in [1.807, 2.05) is 48.5 Å². The summed E-state index contributed by atoms with van der Waals surface area (Å²) in [5.41, 5.74) is 11.1. The minimum absolute atomic E-state index is 0.539. The zero-order valence-electron chi connectivity index (χ0n) is 30.5. The molecule has 12 rings (SSSR count). The van der Waals surface area contributed by atoms with E-state index < -0.39 is 0 Å². The maximum atomic E-state index is 6.34. The summed E-state index contributed by atoms with van der Waals surface area (Å²) in [5, 5.41) is 6.57. The second-order valence-corrected chi connectivity index (χ2v) is 14.4. The van der Waals surface area contributed by atoms with Crippen LogP contribution in [0, 0.1) is 0 Å². The highest BCUT2D eigenvalue weighted by atomic mass is 16.3. The Kier molecular flexibility index (Phi) is 6.83. The predicted molar refractivity (Wildman–Crippen MR) is 232 cm³/mol. The van der Waals surface area contributed by atoms with E-state index in [4.69, 9.17) is 19.4 Å². The number of hydrogen-bond acceptors (Lipinski definition) is 4. The Hall–Kier alpha value is -7.83. The minimum Gasteiger partial charge on any atom is -0.456 e. The molecule has 0 aliphatic carbocycles. The van der Waals surface area contributed by atoms with Gasteiger partial charge in [-0.25, -0.2) is 4.98 Å². The van der Waals surface area contributed by atoms with Gasteiger partial charge in [-0.3, -0.25) is 4.57 Å². The summed E-state index contributed by atoms with van der Waals surface area (Å²) < 4.78 is 11.0. The van der Waals surface area contributed by atoms with Crippen molar-refractivity contribution in [3.05, 3.63) is 188 Å². The molecule has 0 radical (unpaired) electrons. The van der Waals surface area contributed by atoms with Crippen molar-refractivity contribution in [3.8, 4) is 45.5 Å². The molecule has 0 aliphatic rings. The van der Waals surface area contributed by atoms with Crippen LogP contribution in [0.2, 0.25) is 0 Å². The number of hydrogen-bond donors (Lipinski definition) is 0. The number of para-hydroxylation sites is 3. The van der Waals surface area contributed by atoms with Gasteiger partial charge in [0.15, 0.2) is 11.6 Å². The van der Waals surface area contributed by atoms with Gasteiger partial charge in [-0.15, -0.1) is 0 Å². The van der Waals surface area contributed by atoms with Gasteiger partial charge in [-0.2, -0.15) is 9.97 Å². The first-order valence-electron chi connectivity index (χ1n) is 19.1. The van der Waals surface area contributed by atoms with E-state index in [9.17, 15) is 0 Å². The molecule has 4 heterocycles. The van der Waals surface area contributed by atoms with Gasteiger partial charge in [0.05, 0.1) is 22.1 Å². The van der Waals surface area contributed by atoms with Gasteiger partial charge >= 0.3 is 0 Å². The normalized spacial score (nSPS) is 11.9. The lowest BCUT2D eigenvalue weighted by Crippen LogP contribution is -2.07. The van der Waals surface area contributed by atoms with Crippen molar-refractivity contribution in [3.63, 3.8) is 0 Å². The Bertz CT molecular complexity index is 3520. The van der Waals surface area contributed by atoms with Gasteiger partial charge in [0.1, 0.15) is 11.2 Å². The summed E-state index contributed by atoms with van der Waals surface area (Å²) in [6.07, 6.45) is 0. The first-order valence-corrected chi connectivity index (χ1v) is 19.1. The van der Waals surface area contributed by atoms with E-state index in [-0.39, 0.29) is 0 Å². The molecule has 4 aromatic heterocycles. The van der Waals surface area contributed by atoms with Gasteiger partial charge in [0.25, 0.3) is 0 Å². The average Bonchev–Trinajstić information content (AvgIpc) is 3.95. The summed E-state index contributed by atoms with van der Waals surface area (Å²) in [6, 6.07) is 65.6. The zero-order chi connectivity index (χ0) is 37.5. The largest absolute Gasteiger partial charge is 0.456 e. The minimum atomic E-state index is 0.539. The molecule has 0 amide bonds. The third-order valence-corrected chi connectivity index (χ3v) is 11.2. The standard InChI is InChI=1S/C51H31N5O/c1-3-15-32(16-4-1)34-19-13-20-35(31-34)55-42-25-10-7-21-36(42)38-29-30-39-37-22-8-11-26-43(37)56(48(39)47(38)55)51-53-49(33-17-5-2-6-18-33)52-50(54-51)41-24-14-28-45-46(41)40-23-9-12-27-44(40)57-45/h1-31H. The molecule has 12 aromatic rings. The van der Waals surface area contributed by atoms with Gasteiger partial charge in [-0.05, 0) is 47.5 Å². The van der Waals surface area contributed by atoms with Gasteiger partial charge < -0.3 is 8.98 Å². The Morgan fingerprint density at radius 2 is 0.930 bits per heavy atom. The summed E-state index contributed by atoms with van der Waals surface area (Å²) in [6.45, 7) is 0. The van der Waals surface area contributed by atoms with E-state index in [0.29, 0.717) is 17.6 Å². The molecule has 0 aliphatic heterocycles. The van der Waals surface area contributed by atoms with Crippen molar-refractivity contribution in [1.29, 1.82) is 0 Å². The molecule has 0 atom stereocenters. The third kappa shape index (κ3) is 4.81. The Balaban J connectivity index is 1.22. The number of fused-ring (bicyclic) bond motifs is 10. The molecular formula is C51H31N5O.